The summed E-state index contributed by atoms with van der Waals surface area (Å²) in [6.45, 7) is 5.35. The quantitative estimate of drug-likeness (QED) is 0.742. The highest BCUT2D eigenvalue weighted by atomic mass is 31.1. The Morgan fingerprint density at radius 3 is 2.08 bits per heavy atom. The van der Waals surface area contributed by atoms with Crippen LogP contribution in [-0.2, 0) is 9.47 Å². The number of hydrogen-bond donors (Lipinski definition) is 0. The van der Waals surface area contributed by atoms with E-state index in [0.29, 0.717) is 21.8 Å². The Morgan fingerprint density at radius 1 is 1.00 bits per heavy atom. The molecule has 2 atom stereocenters. The molecule has 2 aromatic carbocycles. The molecule has 0 aromatic heterocycles. The average molecular weight is 360 g/mol. The molecular weight excluding hydrogens is 335 g/mol. The molecule has 0 spiro atoms. The largest absolute Gasteiger partial charge is 0.496 e. The molecule has 4 nitrogen and oxygen atoms in total. The average Bonchev–Trinajstić information content (AvgIpc) is 3.10. The maximum Gasteiger partial charge on any atom is 0.172 e. The molecule has 0 radical (unpaired) electrons. The molecule has 1 aliphatic heterocycles. The first-order chi connectivity index (χ1) is 12.1. The molecule has 0 N–H and O–H groups in total. The van der Waals surface area contributed by atoms with Crippen molar-refractivity contribution in [3.63, 3.8) is 0 Å². The Balaban J connectivity index is 1.97. The molecule has 0 saturated carbocycles. The Kier molecular flexibility index (Phi) is 5.63. The predicted octanol–water partition coefficient (Wildman–Crippen LogP) is 3.20. The lowest BCUT2D eigenvalue weighted by Gasteiger charge is -2.30. The highest BCUT2D eigenvalue weighted by Gasteiger charge is 2.38. The van der Waals surface area contributed by atoms with Gasteiger partial charge in [-0.1, -0.05) is 45.8 Å². The van der Waals surface area contributed by atoms with Gasteiger partial charge in [0.1, 0.15) is 11.5 Å². The van der Waals surface area contributed by atoms with Crippen molar-refractivity contribution in [3.05, 3.63) is 48.0 Å². The fourth-order valence-corrected chi connectivity index (χ4v) is 4.30. The zero-order chi connectivity index (χ0) is 17.9. The van der Waals surface area contributed by atoms with Crippen LogP contribution >= 0.6 is 8.58 Å². The first kappa shape index (κ1) is 18.2. The highest BCUT2D eigenvalue weighted by molar-refractivity contribution is 7.56. The molecule has 1 saturated heterocycles. The molecule has 134 valence electrons. The monoisotopic (exact) mass is 360 g/mol. The fraction of sp³-hybridized carbons (Fsp3) is 0.400. The second-order valence-corrected chi connectivity index (χ2v) is 7.55. The third-order valence-corrected chi connectivity index (χ3v) is 6.08. The normalized spacial score (nSPS) is 17.8. The summed E-state index contributed by atoms with van der Waals surface area (Å²) in [6.07, 6.45) is 0. The van der Waals surface area contributed by atoms with Gasteiger partial charge in [0, 0.05) is 5.92 Å². The van der Waals surface area contributed by atoms with Crippen LogP contribution in [0.2, 0.25) is 0 Å². The molecule has 1 heterocycles. The molecule has 0 amide bonds. The first-order valence-electron chi connectivity index (χ1n) is 8.43. The van der Waals surface area contributed by atoms with Crippen LogP contribution in [0.25, 0.3) is 0 Å². The van der Waals surface area contributed by atoms with Crippen molar-refractivity contribution in [2.75, 3.05) is 27.4 Å². The van der Waals surface area contributed by atoms with E-state index in [-0.39, 0.29) is 5.92 Å². The third kappa shape index (κ3) is 3.82. The molecule has 25 heavy (non-hydrogen) atoms. The van der Waals surface area contributed by atoms with E-state index in [0.717, 1.165) is 22.4 Å². The summed E-state index contributed by atoms with van der Waals surface area (Å²) in [5.41, 5.74) is 1.08. The van der Waals surface area contributed by atoms with Crippen molar-refractivity contribution in [1.29, 1.82) is 0 Å². The van der Waals surface area contributed by atoms with Crippen LogP contribution in [-0.4, -0.2) is 33.2 Å². The molecule has 2 unspecified atom stereocenters. The van der Waals surface area contributed by atoms with Crippen LogP contribution in [0.3, 0.4) is 0 Å². The van der Waals surface area contributed by atoms with Crippen molar-refractivity contribution in [1.82, 2.24) is 0 Å². The summed E-state index contributed by atoms with van der Waals surface area (Å²) in [6, 6.07) is 14.5. The highest BCUT2D eigenvalue weighted by Crippen LogP contribution is 2.39. The summed E-state index contributed by atoms with van der Waals surface area (Å²) in [7, 11) is 3.87. The Labute approximate surface area is 151 Å². The fourth-order valence-electron chi connectivity index (χ4n) is 3.05. The summed E-state index contributed by atoms with van der Waals surface area (Å²) in [4.78, 5) is 0. The third-order valence-electron chi connectivity index (χ3n) is 4.72. The Hall–Kier alpha value is -1.61. The number of ether oxygens (including phenoxy) is 4. The Bertz CT molecular complexity index is 686. The minimum absolute atomic E-state index is 0.0620. The van der Waals surface area contributed by atoms with E-state index in [1.807, 2.05) is 25.1 Å². The topological polar surface area (TPSA) is 36.9 Å². The van der Waals surface area contributed by atoms with Crippen LogP contribution in [0.15, 0.2) is 42.5 Å². The summed E-state index contributed by atoms with van der Waals surface area (Å²) in [5.74, 6) is 1.13. The van der Waals surface area contributed by atoms with Gasteiger partial charge >= 0.3 is 0 Å². The van der Waals surface area contributed by atoms with E-state index in [2.05, 4.69) is 31.2 Å². The van der Waals surface area contributed by atoms with Crippen LogP contribution < -0.4 is 20.1 Å². The van der Waals surface area contributed by atoms with Gasteiger partial charge in [-0.3, -0.25) is 0 Å². The molecule has 5 heteroatoms. The molecule has 2 aromatic rings. The van der Waals surface area contributed by atoms with E-state index in [1.54, 1.807) is 14.2 Å². The number of methoxy groups -OCH3 is 2. The molecule has 1 aliphatic rings. The maximum atomic E-state index is 5.83. The van der Waals surface area contributed by atoms with Crippen molar-refractivity contribution < 1.29 is 18.9 Å². The van der Waals surface area contributed by atoms with Gasteiger partial charge in [0.05, 0.1) is 32.7 Å². The van der Waals surface area contributed by atoms with Crippen molar-refractivity contribution >= 4 is 19.2 Å². The van der Waals surface area contributed by atoms with E-state index in [9.17, 15) is 0 Å². The standard InChI is InChI=1S/C20H25O4P/c1-14(20(2)23-10-11-24-20)15-12-17(21-3)19(18(13-15)22-4)25-16-8-6-5-7-9-16/h5-9,12-14,25H,10-11H2,1-4H3. The van der Waals surface area contributed by atoms with E-state index < -0.39 is 5.79 Å². The maximum absolute atomic E-state index is 5.83. The molecule has 0 bridgehead atoms. The van der Waals surface area contributed by atoms with Gasteiger partial charge in [-0.2, -0.15) is 0 Å². The summed E-state index contributed by atoms with van der Waals surface area (Å²) < 4.78 is 23.0. The molecule has 1 fully saturated rings. The summed E-state index contributed by atoms with van der Waals surface area (Å²) >= 11 is 0. The number of rotatable bonds is 6. The lowest BCUT2D eigenvalue weighted by Crippen LogP contribution is -2.32. The molecule has 0 aliphatic carbocycles. The van der Waals surface area contributed by atoms with E-state index in [4.69, 9.17) is 18.9 Å². The van der Waals surface area contributed by atoms with E-state index >= 15 is 0 Å². The van der Waals surface area contributed by atoms with Gasteiger partial charge in [0.25, 0.3) is 0 Å². The zero-order valence-corrected chi connectivity index (χ0v) is 16.2. The second-order valence-electron chi connectivity index (χ2n) is 6.23. The molecule has 3 rings (SSSR count). The summed E-state index contributed by atoms with van der Waals surface area (Å²) in [5, 5.41) is 2.32. The van der Waals surface area contributed by atoms with Gasteiger partial charge in [-0.05, 0) is 29.9 Å². The molecular formula is C20H25O4P. The van der Waals surface area contributed by atoms with Crippen LogP contribution in [0.5, 0.6) is 11.5 Å². The van der Waals surface area contributed by atoms with Crippen molar-refractivity contribution in [2.45, 2.75) is 25.6 Å². The van der Waals surface area contributed by atoms with Crippen molar-refractivity contribution in [2.24, 2.45) is 0 Å². The van der Waals surface area contributed by atoms with Gasteiger partial charge in [0.2, 0.25) is 0 Å². The smallest absolute Gasteiger partial charge is 0.172 e. The predicted molar refractivity (Wildman–Crippen MR) is 102 cm³/mol. The van der Waals surface area contributed by atoms with Crippen molar-refractivity contribution in [3.8, 4) is 11.5 Å². The Morgan fingerprint density at radius 2 is 1.56 bits per heavy atom. The lowest BCUT2D eigenvalue weighted by molar-refractivity contribution is -0.156. The lowest BCUT2D eigenvalue weighted by atomic mass is 9.93. The van der Waals surface area contributed by atoms with Crippen LogP contribution in [0.1, 0.15) is 25.3 Å². The minimum Gasteiger partial charge on any atom is -0.496 e. The number of benzene rings is 2. The van der Waals surface area contributed by atoms with Gasteiger partial charge in [0.15, 0.2) is 5.79 Å². The van der Waals surface area contributed by atoms with Gasteiger partial charge in [-0.25, -0.2) is 0 Å². The van der Waals surface area contributed by atoms with Gasteiger partial charge < -0.3 is 18.9 Å². The SMILES string of the molecule is COc1cc(C(C)C2(C)OCCO2)cc(OC)c1Pc1ccccc1. The van der Waals surface area contributed by atoms with Gasteiger partial charge in [-0.15, -0.1) is 0 Å². The zero-order valence-electron chi connectivity index (χ0n) is 15.2. The first-order valence-corrected chi connectivity index (χ1v) is 9.43. The van der Waals surface area contributed by atoms with Crippen LogP contribution in [0, 0.1) is 0 Å². The number of hydrogen-bond acceptors (Lipinski definition) is 4. The minimum atomic E-state index is -0.612. The second kappa shape index (κ2) is 7.74. The van der Waals surface area contributed by atoms with E-state index in [1.165, 1.54) is 5.30 Å². The van der Waals surface area contributed by atoms with Crippen LogP contribution in [0.4, 0.5) is 0 Å².